The van der Waals surface area contributed by atoms with Crippen LogP contribution in [-0.4, -0.2) is 29.6 Å². The van der Waals surface area contributed by atoms with Crippen LogP contribution in [0.1, 0.15) is 29.8 Å². The highest BCUT2D eigenvalue weighted by Crippen LogP contribution is 2.23. The normalized spacial score (nSPS) is 10.9. The Bertz CT molecular complexity index is 970. The molecule has 8 nitrogen and oxygen atoms in total. The summed E-state index contributed by atoms with van der Waals surface area (Å²) in [5.74, 6) is 4.06. The summed E-state index contributed by atoms with van der Waals surface area (Å²) in [6.45, 7) is 7.54. The van der Waals surface area contributed by atoms with Gasteiger partial charge < -0.3 is 24.5 Å². The Balaban J connectivity index is 0.00000341. The van der Waals surface area contributed by atoms with E-state index in [0.29, 0.717) is 36.6 Å². The summed E-state index contributed by atoms with van der Waals surface area (Å²) in [5, 5.41) is 6.44. The smallest absolute Gasteiger partial charge is 0.219 e. The number of nitrogens with zero attached hydrogens (tertiary/aromatic N) is 3. The van der Waals surface area contributed by atoms with E-state index in [4.69, 9.17) is 13.9 Å². The molecule has 0 aliphatic carbocycles. The maximum atomic E-state index is 5.77. The molecule has 0 saturated heterocycles. The third-order valence-electron chi connectivity index (χ3n) is 4.31. The lowest BCUT2D eigenvalue weighted by molar-refractivity contribution is 0.407. The molecule has 3 rings (SSSR count). The van der Waals surface area contributed by atoms with Crippen molar-refractivity contribution in [3.63, 3.8) is 0 Å². The van der Waals surface area contributed by atoms with Gasteiger partial charge in [0.15, 0.2) is 5.96 Å². The van der Waals surface area contributed by atoms with Crippen LogP contribution in [-0.2, 0) is 13.1 Å². The zero-order valence-electron chi connectivity index (χ0n) is 18.1. The number of methoxy groups -OCH3 is 1. The summed E-state index contributed by atoms with van der Waals surface area (Å²) in [5.41, 5.74) is 1.86. The van der Waals surface area contributed by atoms with Gasteiger partial charge in [-0.2, -0.15) is 0 Å². The largest absolute Gasteiger partial charge is 0.497 e. The molecule has 0 amide bonds. The molecule has 0 bridgehead atoms. The van der Waals surface area contributed by atoms with Crippen molar-refractivity contribution < 1.29 is 13.9 Å². The molecule has 2 heterocycles. The van der Waals surface area contributed by atoms with E-state index in [9.17, 15) is 0 Å². The molecule has 0 radical (unpaired) electrons. The zero-order chi connectivity index (χ0) is 21.3. The maximum absolute atomic E-state index is 5.77. The van der Waals surface area contributed by atoms with Crippen molar-refractivity contribution in [3.05, 3.63) is 65.5 Å². The molecule has 31 heavy (non-hydrogen) atoms. The number of oxazole rings is 1. The van der Waals surface area contributed by atoms with Gasteiger partial charge in [-0.1, -0.05) is 12.1 Å². The van der Waals surface area contributed by atoms with Crippen LogP contribution in [0.2, 0.25) is 0 Å². The molecule has 166 valence electrons. The standard InChI is InChI=1S/C22H27N5O3.HI/c1-5-23-22(26-14-21-27-15(2)16(3)29-21)25-13-17-9-10-20(24-12-17)30-19-8-6-7-18(11-19)28-4;/h6-12H,5,13-14H2,1-4H3,(H2,23,25,26);1H. The number of aliphatic imine (C=N–C) groups is 1. The summed E-state index contributed by atoms with van der Waals surface area (Å²) >= 11 is 0. The minimum Gasteiger partial charge on any atom is -0.497 e. The van der Waals surface area contributed by atoms with E-state index in [-0.39, 0.29) is 24.0 Å². The Labute approximate surface area is 199 Å². The highest BCUT2D eigenvalue weighted by atomic mass is 127. The number of halogens is 1. The van der Waals surface area contributed by atoms with E-state index >= 15 is 0 Å². The lowest BCUT2D eigenvalue weighted by Crippen LogP contribution is -2.36. The molecule has 2 aromatic heterocycles. The number of ether oxygens (including phenoxy) is 2. The van der Waals surface area contributed by atoms with Crippen LogP contribution in [0.5, 0.6) is 17.4 Å². The summed E-state index contributed by atoms with van der Waals surface area (Å²) in [6, 6.07) is 11.2. The second-order valence-electron chi connectivity index (χ2n) is 6.58. The van der Waals surface area contributed by atoms with Crippen LogP contribution in [0.4, 0.5) is 0 Å². The van der Waals surface area contributed by atoms with Crippen LogP contribution in [0.25, 0.3) is 0 Å². The highest BCUT2D eigenvalue weighted by Gasteiger charge is 2.07. The fraction of sp³-hybridized carbons (Fsp3) is 0.318. The van der Waals surface area contributed by atoms with Crippen molar-refractivity contribution in [2.45, 2.75) is 33.9 Å². The number of nitrogens with one attached hydrogen (secondary N) is 2. The minimum absolute atomic E-state index is 0. The predicted octanol–water partition coefficient (Wildman–Crippen LogP) is 4.36. The molecule has 0 saturated carbocycles. The van der Waals surface area contributed by atoms with Gasteiger partial charge in [0.25, 0.3) is 0 Å². The Kier molecular flexibility index (Phi) is 9.57. The van der Waals surface area contributed by atoms with E-state index in [1.54, 1.807) is 13.3 Å². The number of rotatable bonds is 8. The maximum Gasteiger partial charge on any atom is 0.219 e. The number of aryl methyl sites for hydroxylation is 2. The minimum atomic E-state index is 0. The fourth-order valence-electron chi connectivity index (χ4n) is 2.64. The summed E-state index contributed by atoms with van der Waals surface area (Å²) < 4.78 is 16.6. The van der Waals surface area contributed by atoms with Crippen LogP contribution in [0.3, 0.4) is 0 Å². The molecule has 0 spiro atoms. The van der Waals surface area contributed by atoms with Crippen LogP contribution < -0.4 is 20.1 Å². The van der Waals surface area contributed by atoms with Crippen molar-refractivity contribution in [2.24, 2.45) is 4.99 Å². The number of pyridine rings is 1. The van der Waals surface area contributed by atoms with Crippen molar-refractivity contribution in [1.82, 2.24) is 20.6 Å². The topological polar surface area (TPSA) is 93.8 Å². The van der Waals surface area contributed by atoms with Gasteiger partial charge in [-0.25, -0.2) is 15.0 Å². The van der Waals surface area contributed by atoms with Gasteiger partial charge in [0.1, 0.15) is 17.3 Å². The third kappa shape index (κ3) is 7.42. The average molecular weight is 537 g/mol. The van der Waals surface area contributed by atoms with Gasteiger partial charge in [0.05, 0.1) is 25.9 Å². The molecule has 0 aliphatic rings. The van der Waals surface area contributed by atoms with E-state index < -0.39 is 0 Å². The van der Waals surface area contributed by atoms with Crippen molar-refractivity contribution >= 4 is 29.9 Å². The van der Waals surface area contributed by atoms with Crippen molar-refractivity contribution in [1.29, 1.82) is 0 Å². The fourth-order valence-corrected chi connectivity index (χ4v) is 2.64. The Hall–Kier alpha value is -2.82. The SMILES string of the molecule is CCNC(=NCc1ccc(Oc2cccc(OC)c2)nc1)NCc1nc(C)c(C)o1.I. The molecule has 2 N–H and O–H groups in total. The second-order valence-corrected chi connectivity index (χ2v) is 6.58. The summed E-state index contributed by atoms with van der Waals surface area (Å²) in [7, 11) is 1.62. The molecular weight excluding hydrogens is 509 g/mol. The van der Waals surface area contributed by atoms with Crippen LogP contribution in [0.15, 0.2) is 52.0 Å². The number of benzene rings is 1. The number of hydrogen-bond acceptors (Lipinski definition) is 6. The molecule has 0 fully saturated rings. The first-order chi connectivity index (χ1) is 14.6. The Morgan fingerprint density at radius 1 is 1.13 bits per heavy atom. The van der Waals surface area contributed by atoms with Gasteiger partial charge in [0, 0.05) is 24.9 Å². The molecule has 1 aromatic carbocycles. The van der Waals surface area contributed by atoms with Crippen LogP contribution in [0, 0.1) is 13.8 Å². The number of guanidine groups is 1. The van der Waals surface area contributed by atoms with Gasteiger partial charge in [-0.05, 0) is 38.5 Å². The van der Waals surface area contributed by atoms with Gasteiger partial charge >= 0.3 is 0 Å². The number of hydrogen-bond donors (Lipinski definition) is 2. The van der Waals surface area contributed by atoms with E-state index in [0.717, 1.165) is 29.3 Å². The lowest BCUT2D eigenvalue weighted by Gasteiger charge is -2.10. The number of aromatic nitrogens is 2. The molecule has 0 atom stereocenters. The lowest BCUT2D eigenvalue weighted by atomic mass is 10.3. The van der Waals surface area contributed by atoms with E-state index in [2.05, 4.69) is 25.6 Å². The zero-order valence-corrected chi connectivity index (χ0v) is 20.5. The average Bonchev–Trinajstić information content (AvgIpc) is 3.08. The first-order valence-electron chi connectivity index (χ1n) is 9.79. The first kappa shape index (κ1) is 24.4. The Morgan fingerprint density at radius 3 is 2.58 bits per heavy atom. The highest BCUT2D eigenvalue weighted by molar-refractivity contribution is 14.0. The summed E-state index contributed by atoms with van der Waals surface area (Å²) in [6.07, 6.45) is 1.75. The quantitative estimate of drug-likeness (QED) is 0.251. The molecule has 0 unspecified atom stereocenters. The van der Waals surface area contributed by atoms with Crippen LogP contribution >= 0.6 is 24.0 Å². The van der Waals surface area contributed by atoms with Gasteiger partial charge in [0.2, 0.25) is 11.8 Å². The molecule has 3 aromatic rings. The second kappa shape index (κ2) is 12.1. The molecule has 9 heteroatoms. The van der Waals surface area contributed by atoms with E-state index in [1.807, 2.05) is 57.2 Å². The van der Waals surface area contributed by atoms with Gasteiger partial charge in [-0.15, -0.1) is 24.0 Å². The van der Waals surface area contributed by atoms with Crippen molar-refractivity contribution in [2.75, 3.05) is 13.7 Å². The molecular formula is C22H28IN5O3. The first-order valence-corrected chi connectivity index (χ1v) is 9.79. The third-order valence-corrected chi connectivity index (χ3v) is 4.31. The monoisotopic (exact) mass is 537 g/mol. The Morgan fingerprint density at radius 2 is 1.94 bits per heavy atom. The molecule has 0 aliphatic heterocycles. The summed E-state index contributed by atoms with van der Waals surface area (Å²) in [4.78, 5) is 13.3. The predicted molar refractivity (Wildman–Crippen MR) is 130 cm³/mol. The van der Waals surface area contributed by atoms with Gasteiger partial charge in [-0.3, -0.25) is 0 Å². The van der Waals surface area contributed by atoms with Crippen molar-refractivity contribution in [3.8, 4) is 17.4 Å². The van der Waals surface area contributed by atoms with E-state index in [1.165, 1.54) is 0 Å².